The van der Waals surface area contributed by atoms with Gasteiger partial charge in [-0.25, -0.2) is 0 Å². The van der Waals surface area contributed by atoms with Crippen LogP contribution in [0.1, 0.15) is 199 Å². The molecule has 0 bridgehead atoms. The first-order valence-electron chi connectivity index (χ1n) is 26.5. The van der Waals surface area contributed by atoms with Crippen molar-refractivity contribution < 1.29 is 9.47 Å². The fourth-order valence-electron chi connectivity index (χ4n) is 19.1. The van der Waals surface area contributed by atoms with Crippen molar-refractivity contribution in [3.05, 3.63) is 0 Å². The van der Waals surface area contributed by atoms with Gasteiger partial charge in [0.15, 0.2) is 0 Å². The summed E-state index contributed by atoms with van der Waals surface area (Å²) in [7, 11) is 0. The van der Waals surface area contributed by atoms with Gasteiger partial charge in [0.05, 0.1) is 24.4 Å². The van der Waals surface area contributed by atoms with E-state index in [1.807, 2.05) is 0 Å². The Kier molecular flexibility index (Phi) is 11.0. The van der Waals surface area contributed by atoms with E-state index in [4.69, 9.17) is 9.47 Å². The molecule has 19 unspecified atom stereocenters. The van der Waals surface area contributed by atoms with Gasteiger partial charge in [0.1, 0.15) is 0 Å². The Balaban J connectivity index is 0.762. The third-order valence-electron chi connectivity index (χ3n) is 21.4. The highest BCUT2D eigenvalue weighted by Crippen LogP contribution is 2.64. The van der Waals surface area contributed by atoms with Gasteiger partial charge in [-0.1, -0.05) is 70.6 Å². The molecule has 3 saturated heterocycles. The first-order valence-corrected chi connectivity index (χ1v) is 27.4. The molecule has 4 heteroatoms. The van der Waals surface area contributed by atoms with E-state index in [1.165, 1.54) is 128 Å². The van der Waals surface area contributed by atoms with Gasteiger partial charge in [0, 0.05) is 34.5 Å². The first-order chi connectivity index (χ1) is 27.7. The van der Waals surface area contributed by atoms with E-state index in [0.29, 0.717) is 24.4 Å². The summed E-state index contributed by atoms with van der Waals surface area (Å²) < 4.78 is 14.0. The van der Waals surface area contributed by atoms with Gasteiger partial charge < -0.3 is 9.47 Å². The second-order valence-corrected chi connectivity index (χ2v) is 24.9. The van der Waals surface area contributed by atoms with Gasteiger partial charge in [0.25, 0.3) is 0 Å². The Labute approximate surface area is 347 Å². The van der Waals surface area contributed by atoms with Crippen LogP contribution in [0.25, 0.3) is 0 Å². The molecule has 3 nitrogen and oxygen atoms in total. The number of hydrogen-bond acceptors (Lipinski definition) is 4. The Bertz CT molecular complexity index is 1350. The van der Waals surface area contributed by atoms with Crippen molar-refractivity contribution >= 4 is 11.8 Å². The van der Waals surface area contributed by atoms with Gasteiger partial charge in [0.2, 0.25) is 0 Å². The second-order valence-electron chi connectivity index (χ2n) is 23.6. The van der Waals surface area contributed by atoms with Crippen molar-refractivity contribution in [1.29, 1.82) is 0 Å². The predicted octanol–water partition coefficient (Wildman–Crippen LogP) is 13.0. The maximum absolute atomic E-state index is 7.10. The highest BCUT2D eigenvalue weighted by molar-refractivity contribution is 8.00. The topological polar surface area (TPSA) is 21.7 Å². The SMILES string of the molecule is C1CCC2CC(C3CCC(N(C4CCCC(C5CCCC6C7CCC8OC9CCCCC9C8C7SC56)C4)C4CCC5C(C4)OC4CCCCC45)CC3)CCC2C1. The average Bonchev–Trinajstić information content (AvgIpc) is 3.95. The van der Waals surface area contributed by atoms with Crippen molar-refractivity contribution in [3.8, 4) is 0 Å². The van der Waals surface area contributed by atoms with Crippen molar-refractivity contribution in [2.24, 2.45) is 71.0 Å². The molecule has 0 amide bonds. The van der Waals surface area contributed by atoms with E-state index in [9.17, 15) is 0 Å². The van der Waals surface area contributed by atoms with E-state index in [2.05, 4.69) is 16.7 Å². The molecule has 12 aliphatic rings. The summed E-state index contributed by atoms with van der Waals surface area (Å²) in [6.07, 6.45) is 49.0. The van der Waals surface area contributed by atoms with Crippen LogP contribution in [0.15, 0.2) is 0 Å². The molecule has 0 aromatic carbocycles. The fraction of sp³-hybridized carbons (Fsp3) is 1.00. The monoisotopic (exact) mass is 786 g/mol. The molecule has 0 spiro atoms. The van der Waals surface area contributed by atoms with Crippen LogP contribution in [0.2, 0.25) is 0 Å². The second kappa shape index (κ2) is 16.2. The number of rotatable bonds is 5. The molecule has 12 rings (SSSR count). The van der Waals surface area contributed by atoms with E-state index in [0.717, 1.165) is 99.6 Å². The molecule has 12 fully saturated rings. The Hall–Kier alpha value is 0.230. The number of hydrogen-bond donors (Lipinski definition) is 0. The molecule has 0 aromatic rings. The molecule has 3 aliphatic heterocycles. The summed E-state index contributed by atoms with van der Waals surface area (Å²) in [4.78, 5) is 3.37. The lowest BCUT2D eigenvalue weighted by Gasteiger charge is -2.52. The molecule has 9 saturated carbocycles. The predicted molar refractivity (Wildman–Crippen MR) is 231 cm³/mol. The minimum Gasteiger partial charge on any atom is -0.374 e. The third kappa shape index (κ3) is 6.81. The van der Waals surface area contributed by atoms with Crippen LogP contribution in [0.5, 0.6) is 0 Å². The van der Waals surface area contributed by atoms with Crippen LogP contribution in [0.4, 0.5) is 0 Å². The van der Waals surface area contributed by atoms with Crippen LogP contribution in [0, 0.1) is 71.0 Å². The van der Waals surface area contributed by atoms with Crippen molar-refractivity contribution in [3.63, 3.8) is 0 Å². The van der Waals surface area contributed by atoms with Crippen molar-refractivity contribution in [2.45, 2.75) is 252 Å². The van der Waals surface area contributed by atoms with E-state index in [-0.39, 0.29) is 0 Å². The van der Waals surface area contributed by atoms with Crippen molar-refractivity contribution in [1.82, 2.24) is 4.90 Å². The summed E-state index contributed by atoms with van der Waals surface area (Å²) >= 11 is 2.61. The Morgan fingerprint density at radius 3 is 1.75 bits per heavy atom. The van der Waals surface area contributed by atoms with E-state index >= 15 is 0 Å². The van der Waals surface area contributed by atoms with E-state index < -0.39 is 0 Å². The zero-order valence-electron chi connectivity index (χ0n) is 35.7. The normalized spacial score (nSPS) is 55.6. The highest BCUT2D eigenvalue weighted by atomic mass is 32.2. The summed E-state index contributed by atoms with van der Waals surface area (Å²) in [5.41, 5.74) is 0. The maximum Gasteiger partial charge on any atom is 0.0625 e. The molecule has 9 aliphatic carbocycles. The lowest BCUT2D eigenvalue weighted by Crippen LogP contribution is -2.55. The number of fused-ring (bicyclic) bond motifs is 11. The zero-order chi connectivity index (χ0) is 36.7. The smallest absolute Gasteiger partial charge is 0.0625 e. The van der Waals surface area contributed by atoms with Gasteiger partial charge in [-0.3, -0.25) is 4.90 Å². The van der Waals surface area contributed by atoms with Crippen LogP contribution in [-0.2, 0) is 9.47 Å². The average molecular weight is 786 g/mol. The van der Waals surface area contributed by atoms with Gasteiger partial charge in [-0.15, -0.1) is 0 Å². The lowest BCUT2D eigenvalue weighted by molar-refractivity contribution is -0.0514. The molecule has 56 heavy (non-hydrogen) atoms. The van der Waals surface area contributed by atoms with Crippen LogP contribution < -0.4 is 0 Å². The quantitative estimate of drug-likeness (QED) is 0.277. The van der Waals surface area contributed by atoms with Crippen LogP contribution >= 0.6 is 11.8 Å². The van der Waals surface area contributed by atoms with Gasteiger partial charge in [-0.05, 0) is 194 Å². The molecular weight excluding hydrogens is 703 g/mol. The molecule has 3 heterocycles. The molecule has 19 atom stereocenters. The molecule has 0 aromatic heterocycles. The van der Waals surface area contributed by atoms with Crippen LogP contribution in [-0.4, -0.2) is 57.9 Å². The van der Waals surface area contributed by atoms with Gasteiger partial charge in [-0.2, -0.15) is 11.8 Å². The largest absolute Gasteiger partial charge is 0.374 e. The summed E-state index contributed by atoms with van der Waals surface area (Å²) in [6, 6.07) is 2.50. The standard InChI is InChI=1S/C52H83NO2S/c1-2-10-34-29-35(20-19-32(34)9-1)33-21-23-37(24-22-33)53(39-25-26-42-41-13-3-5-17-46(41)55-49(42)31-39)38-12-7-11-36(30-38)40-15-8-16-43-44-27-28-48-50(52(44)56-51(40)43)45-14-4-6-18-47(45)54-48/h32-52H,1-31H2. The fourth-order valence-corrected chi connectivity index (χ4v) is 21.7. The summed E-state index contributed by atoms with van der Waals surface area (Å²) in [6.45, 7) is 0. The number of thioether (sulfide) groups is 1. The zero-order valence-corrected chi connectivity index (χ0v) is 36.5. The van der Waals surface area contributed by atoms with Gasteiger partial charge >= 0.3 is 0 Å². The lowest BCUT2D eigenvalue weighted by atomic mass is 9.62. The summed E-state index contributed by atoms with van der Waals surface area (Å²) in [5.74, 6) is 11.9. The highest BCUT2D eigenvalue weighted by Gasteiger charge is 2.60. The Morgan fingerprint density at radius 2 is 0.857 bits per heavy atom. The molecule has 314 valence electrons. The van der Waals surface area contributed by atoms with Crippen molar-refractivity contribution in [2.75, 3.05) is 0 Å². The minimum atomic E-state index is 0.579. The number of nitrogens with zero attached hydrogens (tertiary/aromatic N) is 1. The first kappa shape index (κ1) is 37.9. The number of ether oxygens (including phenoxy) is 2. The third-order valence-corrected chi connectivity index (χ3v) is 23.4. The molecule has 0 N–H and O–H groups in total. The Morgan fingerprint density at radius 1 is 0.304 bits per heavy atom. The summed E-state index contributed by atoms with van der Waals surface area (Å²) in [5, 5.41) is 1.90. The van der Waals surface area contributed by atoms with E-state index in [1.54, 1.807) is 70.6 Å². The minimum absolute atomic E-state index is 0.579. The molecular formula is C52H83NO2S. The maximum atomic E-state index is 7.10. The molecule has 0 radical (unpaired) electrons. The van der Waals surface area contributed by atoms with Crippen LogP contribution in [0.3, 0.4) is 0 Å².